The second-order valence-corrected chi connectivity index (χ2v) is 3.29. The van der Waals surface area contributed by atoms with E-state index < -0.39 is 17.4 Å². The number of halogens is 3. The van der Waals surface area contributed by atoms with Gasteiger partial charge in [-0.15, -0.1) is 0 Å². The van der Waals surface area contributed by atoms with Gasteiger partial charge in [0.1, 0.15) is 5.69 Å². The number of nitrogens with one attached hydrogen (secondary N) is 1. The highest BCUT2D eigenvalue weighted by atomic mass is 19.4. The minimum atomic E-state index is -4.47. The molecule has 0 spiro atoms. The Hall–Kier alpha value is -2.45. The summed E-state index contributed by atoms with van der Waals surface area (Å²) < 4.78 is 36.9. The van der Waals surface area contributed by atoms with Crippen LogP contribution in [0, 0.1) is 0 Å². The molecule has 3 N–H and O–H groups in total. The van der Waals surface area contributed by atoms with Gasteiger partial charge in [0.25, 0.3) is 0 Å². The Morgan fingerprint density at radius 2 is 1.94 bits per heavy atom. The number of H-pyrrole nitrogens is 1. The number of rotatable bonds is 1. The number of aromatic amines is 1. The molecule has 0 bridgehead atoms. The maximum atomic E-state index is 12.3. The predicted octanol–water partition coefficient (Wildman–Crippen LogP) is 0.828. The molecule has 2 aromatic heterocycles. The number of hydrogen-bond acceptors (Lipinski definition) is 5. The third-order valence-corrected chi connectivity index (χ3v) is 2.00. The van der Waals surface area contributed by atoms with Crippen molar-refractivity contribution in [1.82, 2.24) is 19.9 Å². The molecule has 0 atom stereocenters. The van der Waals surface area contributed by atoms with E-state index in [2.05, 4.69) is 19.9 Å². The summed E-state index contributed by atoms with van der Waals surface area (Å²) in [7, 11) is 0. The minimum absolute atomic E-state index is 0.0405. The normalized spacial score (nSPS) is 11.5. The molecule has 9 heteroatoms. The van der Waals surface area contributed by atoms with Gasteiger partial charge in [-0.2, -0.15) is 23.1 Å². The van der Waals surface area contributed by atoms with Gasteiger partial charge in [0, 0.05) is 6.20 Å². The number of aromatic nitrogens is 4. The molecule has 2 heterocycles. The molecule has 0 aliphatic rings. The molecule has 0 saturated heterocycles. The molecule has 2 rings (SSSR count). The molecule has 6 nitrogen and oxygen atoms in total. The molecule has 18 heavy (non-hydrogen) atoms. The molecule has 0 aliphatic heterocycles. The van der Waals surface area contributed by atoms with Crippen LogP contribution in [-0.4, -0.2) is 19.9 Å². The first-order valence-corrected chi connectivity index (χ1v) is 4.64. The zero-order chi connectivity index (χ0) is 13.3. The molecule has 0 saturated carbocycles. The van der Waals surface area contributed by atoms with Crippen LogP contribution in [0.5, 0.6) is 0 Å². The van der Waals surface area contributed by atoms with Gasteiger partial charge in [-0.25, -0.2) is 4.79 Å². The monoisotopic (exact) mass is 257 g/mol. The molecule has 0 aromatic carbocycles. The van der Waals surface area contributed by atoms with Crippen LogP contribution in [0.2, 0.25) is 0 Å². The zero-order valence-electron chi connectivity index (χ0n) is 8.69. The number of nitrogens with zero attached hydrogens (tertiary/aromatic N) is 3. The Balaban J connectivity index is 2.43. The summed E-state index contributed by atoms with van der Waals surface area (Å²) in [4.78, 5) is 23.7. The van der Waals surface area contributed by atoms with Crippen molar-refractivity contribution in [3.63, 3.8) is 0 Å². The topological polar surface area (TPSA) is 97.5 Å². The van der Waals surface area contributed by atoms with Crippen LogP contribution in [0.4, 0.5) is 19.1 Å². The van der Waals surface area contributed by atoms with E-state index in [0.717, 1.165) is 12.1 Å². The van der Waals surface area contributed by atoms with Crippen molar-refractivity contribution >= 4 is 5.95 Å². The van der Waals surface area contributed by atoms with Crippen LogP contribution in [0.15, 0.2) is 23.1 Å². The molecule has 0 fully saturated rings. The van der Waals surface area contributed by atoms with Gasteiger partial charge in [-0.05, 0) is 12.1 Å². The van der Waals surface area contributed by atoms with E-state index in [0.29, 0.717) is 6.20 Å². The van der Waals surface area contributed by atoms with Crippen molar-refractivity contribution in [2.24, 2.45) is 0 Å². The number of nitrogen functional groups attached to an aromatic ring is 1. The van der Waals surface area contributed by atoms with Gasteiger partial charge in [0.15, 0.2) is 5.82 Å². The van der Waals surface area contributed by atoms with E-state index in [-0.39, 0.29) is 17.5 Å². The van der Waals surface area contributed by atoms with E-state index in [4.69, 9.17) is 5.73 Å². The smallest absolute Gasteiger partial charge is 0.368 e. The highest BCUT2D eigenvalue weighted by Gasteiger charge is 2.30. The van der Waals surface area contributed by atoms with Gasteiger partial charge in [-0.1, -0.05) is 0 Å². The quantitative estimate of drug-likeness (QED) is 0.788. The molecular weight excluding hydrogens is 251 g/mol. The number of alkyl halides is 3. The summed E-state index contributed by atoms with van der Waals surface area (Å²) in [6.45, 7) is 0. The van der Waals surface area contributed by atoms with Crippen LogP contribution in [0.25, 0.3) is 11.5 Å². The van der Waals surface area contributed by atoms with Crippen LogP contribution in [0.1, 0.15) is 5.56 Å². The molecule has 0 unspecified atom stereocenters. The van der Waals surface area contributed by atoms with E-state index in [1.165, 1.54) is 0 Å². The number of nitrogens with two attached hydrogens (primary N) is 1. The SMILES string of the molecule is Nc1nc(-c2ccc(C(F)(F)F)cn2)[nH]c(=O)n1. The van der Waals surface area contributed by atoms with Crippen molar-refractivity contribution in [3.05, 3.63) is 34.4 Å². The van der Waals surface area contributed by atoms with Gasteiger partial charge in [0.2, 0.25) is 5.95 Å². The molecule has 0 amide bonds. The van der Waals surface area contributed by atoms with Gasteiger partial charge >= 0.3 is 11.9 Å². The number of pyridine rings is 1. The average Bonchev–Trinajstić information content (AvgIpc) is 2.27. The number of anilines is 1. The molecule has 2 aromatic rings. The summed E-state index contributed by atoms with van der Waals surface area (Å²) in [5.41, 5.74) is 3.67. The van der Waals surface area contributed by atoms with Gasteiger partial charge < -0.3 is 5.73 Å². The molecule has 0 aliphatic carbocycles. The Morgan fingerprint density at radius 3 is 2.44 bits per heavy atom. The highest BCUT2D eigenvalue weighted by Crippen LogP contribution is 2.29. The van der Waals surface area contributed by atoms with Gasteiger partial charge in [0.05, 0.1) is 5.56 Å². The summed E-state index contributed by atoms with van der Waals surface area (Å²) in [5.74, 6) is -0.323. The van der Waals surface area contributed by atoms with E-state index in [9.17, 15) is 18.0 Å². The van der Waals surface area contributed by atoms with Crippen molar-refractivity contribution in [1.29, 1.82) is 0 Å². The average molecular weight is 257 g/mol. The highest BCUT2D eigenvalue weighted by molar-refractivity contribution is 5.49. The lowest BCUT2D eigenvalue weighted by molar-refractivity contribution is -0.137. The van der Waals surface area contributed by atoms with Crippen molar-refractivity contribution in [3.8, 4) is 11.5 Å². The van der Waals surface area contributed by atoms with Crippen LogP contribution < -0.4 is 11.4 Å². The van der Waals surface area contributed by atoms with Crippen molar-refractivity contribution < 1.29 is 13.2 Å². The fraction of sp³-hybridized carbons (Fsp3) is 0.111. The minimum Gasteiger partial charge on any atom is -0.368 e. The van der Waals surface area contributed by atoms with Crippen molar-refractivity contribution in [2.75, 3.05) is 5.73 Å². The molecule has 0 radical (unpaired) electrons. The van der Waals surface area contributed by atoms with Crippen LogP contribution in [-0.2, 0) is 6.18 Å². The summed E-state index contributed by atoms with van der Waals surface area (Å²) in [5, 5.41) is 0. The summed E-state index contributed by atoms with van der Waals surface area (Å²) in [6.07, 6.45) is -3.82. The summed E-state index contributed by atoms with van der Waals surface area (Å²) >= 11 is 0. The maximum absolute atomic E-state index is 12.3. The third kappa shape index (κ3) is 2.44. The number of hydrogen-bond donors (Lipinski definition) is 2. The largest absolute Gasteiger partial charge is 0.417 e. The first-order chi connectivity index (χ1) is 8.36. The lowest BCUT2D eigenvalue weighted by Crippen LogP contribution is -2.16. The molecule has 94 valence electrons. The fourth-order valence-electron chi connectivity index (χ4n) is 1.22. The Morgan fingerprint density at radius 1 is 1.22 bits per heavy atom. The zero-order valence-corrected chi connectivity index (χ0v) is 8.69. The van der Waals surface area contributed by atoms with E-state index in [1.54, 1.807) is 0 Å². The second kappa shape index (κ2) is 4.09. The van der Waals surface area contributed by atoms with Crippen LogP contribution in [0.3, 0.4) is 0 Å². The van der Waals surface area contributed by atoms with Gasteiger partial charge in [-0.3, -0.25) is 9.97 Å². The Kier molecular flexibility index (Phi) is 2.73. The maximum Gasteiger partial charge on any atom is 0.417 e. The Bertz CT molecular complexity index is 619. The molecular formula is C9H6F3N5O. The lowest BCUT2D eigenvalue weighted by atomic mass is 10.2. The first-order valence-electron chi connectivity index (χ1n) is 4.64. The second-order valence-electron chi connectivity index (χ2n) is 3.29. The predicted molar refractivity (Wildman–Crippen MR) is 55.3 cm³/mol. The van der Waals surface area contributed by atoms with E-state index >= 15 is 0 Å². The standard InChI is InChI=1S/C9H6F3N5O/c10-9(11,12)4-1-2-5(14-3-4)6-15-7(13)17-8(18)16-6/h1-3H,(H3,13,15,16,17,18). The first kappa shape index (κ1) is 12.0. The Labute approximate surface area is 97.7 Å². The fourth-order valence-corrected chi connectivity index (χ4v) is 1.22. The van der Waals surface area contributed by atoms with Crippen molar-refractivity contribution in [2.45, 2.75) is 6.18 Å². The third-order valence-electron chi connectivity index (χ3n) is 2.00. The summed E-state index contributed by atoms with van der Waals surface area (Å²) in [6, 6.07) is 1.92. The van der Waals surface area contributed by atoms with E-state index in [1.807, 2.05) is 0 Å². The van der Waals surface area contributed by atoms with Crippen LogP contribution >= 0.6 is 0 Å². The lowest BCUT2D eigenvalue weighted by Gasteiger charge is -2.06.